The molecule has 0 fully saturated rings. The van der Waals surface area contributed by atoms with Crippen LogP contribution in [0.1, 0.15) is 12.0 Å². The van der Waals surface area contributed by atoms with Crippen LogP contribution in [0.4, 0.5) is 4.79 Å². The van der Waals surface area contributed by atoms with Crippen LogP contribution >= 0.6 is 0 Å². The van der Waals surface area contributed by atoms with Gasteiger partial charge in [0.05, 0.1) is 6.42 Å². The molecule has 1 unspecified atom stereocenters. The van der Waals surface area contributed by atoms with Crippen LogP contribution < -0.4 is 5.32 Å². The van der Waals surface area contributed by atoms with E-state index in [9.17, 15) is 14.4 Å². The topological polar surface area (TPSA) is 136 Å². The molecular weight excluding hydrogens is 390 g/mol. The van der Waals surface area contributed by atoms with E-state index in [0.717, 1.165) is 15.9 Å². The second-order valence-electron chi connectivity index (χ2n) is 6.33. The van der Waals surface area contributed by atoms with Gasteiger partial charge in [-0.2, -0.15) is 4.80 Å². The third kappa shape index (κ3) is 5.96. The quantitative estimate of drug-likeness (QED) is 0.545. The fraction of sp³-hybridized carbons (Fsp3) is 0.200. The van der Waals surface area contributed by atoms with Gasteiger partial charge in [-0.1, -0.05) is 60.7 Å². The van der Waals surface area contributed by atoms with Crippen LogP contribution in [0.2, 0.25) is 0 Å². The Hall–Kier alpha value is -4.08. The van der Waals surface area contributed by atoms with E-state index in [4.69, 9.17) is 9.84 Å². The van der Waals surface area contributed by atoms with E-state index in [1.807, 2.05) is 24.3 Å². The zero-order chi connectivity index (χ0) is 21.3. The molecule has 30 heavy (non-hydrogen) atoms. The SMILES string of the molecule is O=C(O)CC(NC(=O)OCc1ccccc1)C(=O)Cn1nnc(-c2ccccc2)n1. The number of alkyl carbamates (subject to hydrolysis) is 1. The molecule has 0 aliphatic carbocycles. The van der Waals surface area contributed by atoms with Gasteiger partial charge in [0.2, 0.25) is 5.82 Å². The second-order valence-corrected chi connectivity index (χ2v) is 6.33. The zero-order valence-corrected chi connectivity index (χ0v) is 15.8. The van der Waals surface area contributed by atoms with Crippen molar-refractivity contribution in [3.05, 3.63) is 66.2 Å². The highest BCUT2D eigenvalue weighted by Gasteiger charge is 2.25. The minimum atomic E-state index is -1.29. The van der Waals surface area contributed by atoms with Crippen molar-refractivity contribution in [2.24, 2.45) is 0 Å². The van der Waals surface area contributed by atoms with Crippen molar-refractivity contribution in [3.8, 4) is 11.4 Å². The zero-order valence-electron chi connectivity index (χ0n) is 15.8. The van der Waals surface area contributed by atoms with E-state index in [1.54, 1.807) is 36.4 Å². The average molecular weight is 409 g/mol. The number of carbonyl (C=O) groups excluding carboxylic acids is 2. The Morgan fingerprint density at radius 2 is 1.70 bits per heavy atom. The molecule has 10 heteroatoms. The highest BCUT2D eigenvalue weighted by Crippen LogP contribution is 2.12. The number of tetrazole rings is 1. The van der Waals surface area contributed by atoms with Crippen molar-refractivity contribution in [2.45, 2.75) is 25.6 Å². The van der Waals surface area contributed by atoms with Gasteiger partial charge < -0.3 is 15.2 Å². The van der Waals surface area contributed by atoms with Gasteiger partial charge in [-0.3, -0.25) is 9.59 Å². The minimum absolute atomic E-state index is 0.00821. The van der Waals surface area contributed by atoms with E-state index < -0.39 is 30.3 Å². The molecule has 3 rings (SSSR count). The number of hydrogen-bond acceptors (Lipinski definition) is 7. The van der Waals surface area contributed by atoms with Gasteiger partial charge in [0, 0.05) is 5.56 Å². The molecule has 154 valence electrons. The molecule has 2 aromatic carbocycles. The summed E-state index contributed by atoms with van der Waals surface area (Å²) in [5.74, 6) is -1.51. The summed E-state index contributed by atoms with van der Waals surface area (Å²) in [5, 5.41) is 23.2. The molecule has 1 aromatic heterocycles. The third-order valence-corrected chi connectivity index (χ3v) is 4.05. The molecule has 0 spiro atoms. The number of nitrogens with one attached hydrogen (secondary N) is 1. The number of Topliss-reactive ketones (excluding diaryl/α,β-unsaturated/α-hetero) is 1. The molecule has 0 radical (unpaired) electrons. The fourth-order valence-corrected chi connectivity index (χ4v) is 2.59. The molecule has 1 heterocycles. The van der Waals surface area contributed by atoms with Crippen molar-refractivity contribution in [3.63, 3.8) is 0 Å². The lowest BCUT2D eigenvalue weighted by Crippen LogP contribution is -2.44. The van der Waals surface area contributed by atoms with Crippen molar-refractivity contribution in [2.75, 3.05) is 0 Å². The Morgan fingerprint density at radius 3 is 2.37 bits per heavy atom. The Labute approximate surface area is 171 Å². The number of carboxylic acid groups (broad SMARTS) is 1. The molecule has 2 N–H and O–H groups in total. The fourth-order valence-electron chi connectivity index (χ4n) is 2.59. The van der Waals surface area contributed by atoms with Crippen LogP contribution in [-0.2, 0) is 27.5 Å². The lowest BCUT2D eigenvalue weighted by molar-refractivity contribution is -0.139. The number of hydrogen-bond donors (Lipinski definition) is 2. The summed E-state index contributed by atoms with van der Waals surface area (Å²) in [6.45, 7) is -0.359. The molecule has 1 atom stereocenters. The summed E-state index contributed by atoms with van der Waals surface area (Å²) in [4.78, 5) is 36.7. The van der Waals surface area contributed by atoms with Crippen LogP contribution in [0.5, 0.6) is 0 Å². The Bertz CT molecular complexity index is 1010. The first-order valence-corrected chi connectivity index (χ1v) is 9.06. The molecule has 10 nitrogen and oxygen atoms in total. The van der Waals surface area contributed by atoms with Gasteiger partial charge in [0.25, 0.3) is 0 Å². The average Bonchev–Trinajstić information content (AvgIpc) is 3.21. The number of aromatic nitrogens is 4. The van der Waals surface area contributed by atoms with E-state index in [-0.39, 0.29) is 13.2 Å². The van der Waals surface area contributed by atoms with Gasteiger partial charge in [-0.25, -0.2) is 4.79 Å². The largest absolute Gasteiger partial charge is 0.481 e. The summed E-state index contributed by atoms with van der Waals surface area (Å²) in [7, 11) is 0. The van der Waals surface area contributed by atoms with E-state index in [0.29, 0.717) is 5.82 Å². The second kappa shape index (κ2) is 9.92. The van der Waals surface area contributed by atoms with Crippen LogP contribution in [0.15, 0.2) is 60.7 Å². The Morgan fingerprint density at radius 1 is 1.03 bits per heavy atom. The number of nitrogens with zero attached hydrogens (tertiary/aromatic N) is 4. The molecule has 0 aliphatic rings. The summed E-state index contributed by atoms with van der Waals surface area (Å²) < 4.78 is 5.06. The van der Waals surface area contributed by atoms with Crippen LogP contribution in [-0.4, -0.2) is 49.2 Å². The number of carboxylic acids is 1. The standard InChI is InChI=1S/C20H19N5O5/c26-17(12-25-23-19(22-24-25)15-9-5-2-6-10-15)16(11-18(27)28)21-20(29)30-13-14-7-3-1-4-8-14/h1-10,16H,11-13H2,(H,21,29)(H,27,28). The maximum atomic E-state index is 12.5. The highest BCUT2D eigenvalue weighted by molar-refractivity contribution is 5.90. The molecule has 0 bridgehead atoms. The predicted molar refractivity (Wildman–Crippen MR) is 104 cm³/mol. The van der Waals surface area contributed by atoms with E-state index >= 15 is 0 Å². The lowest BCUT2D eigenvalue weighted by Gasteiger charge is -2.15. The first-order chi connectivity index (χ1) is 14.5. The molecule has 0 saturated carbocycles. The molecule has 1 amide bonds. The predicted octanol–water partition coefficient (Wildman–Crippen LogP) is 1.68. The molecular formula is C20H19N5O5. The highest BCUT2D eigenvalue weighted by atomic mass is 16.5. The van der Waals surface area contributed by atoms with Gasteiger partial charge in [0.15, 0.2) is 5.78 Å². The lowest BCUT2D eigenvalue weighted by atomic mass is 10.1. The normalized spacial score (nSPS) is 11.5. The van der Waals surface area contributed by atoms with Crippen LogP contribution in [0.3, 0.4) is 0 Å². The van der Waals surface area contributed by atoms with Crippen molar-refractivity contribution in [1.82, 2.24) is 25.5 Å². The van der Waals surface area contributed by atoms with Gasteiger partial charge in [0.1, 0.15) is 19.2 Å². The maximum absolute atomic E-state index is 12.5. The van der Waals surface area contributed by atoms with Gasteiger partial charge in [-0.05, 0) is 10.8 Å². The number of ketones is 1. The number of amides is 1. The van der Waals surface area contributed by atoms with Gasteiger partial charge in [-0.15, -0.1) is 10.2 Å². The monoisotopic (exact) mass is 409 g/mol. The summed E-state index contributed by atoms with van der Waals surface area (Å²) in [6.07, 6.45) is -1.49. The Balaban J connectivity index is 1.60. The smallest absolute Gasteiger partial charge is 0.408 e. The first kappa shape index (κ1) is 20.6. The van der Waals surface area contributed by atoms with Crippen molar-refractivity contribution < 1.29 is 24.2 Å². The van der Waals surface area contributed by atoms with E-state index in [1.165, 1.54) is 0 Å². The number of ether oxygens (including phenoxy) is 1. The number of rotatable bonds is 9. The van der Waals surface area contributed by atoms with Crippen molar-refractivity contribution in [1.29, 1.82) is 0 Å². The molecule has 0 saturated heterocycles. The van der Waals surface area contributed by atoms with E-state index in [2.05, 4.69) is 20.7 Å². The number of carbonyl (C=O) groups is 3. The van der Waals surface area contributed by atoms with Crippen LogP contribution in [0.25, 0.3) is 11.4 Å². The summed E-state index contributed by atoms with van der Waals surface area (Å²) in [6, 6.07) is 16.7. The summed E-state index contributed by atoms with van der Waals surface area (Å²) >= 11 is 0. The van der Waals surface area contributed by atoms with Crippen molar-refractivity contribution >= 4 is 17.8 Å². The molecule has 3 aromatic rings. The Kier molecular flexibility index (Phi) is 6.83. The number of aliphatic carboxylic acids is 1. The summed E-state index contributed by atoms with van der Waals surface area (Å²) in [5.41, 5.74) is 1.48. The number of benzene rings is 2. The third-order valence-electron chi connectivity index (χ3n) is 4.05. The minimum Gasteiger partial charge on any atom is -0.481 e. The first-order valence-electron chi connectivity index (χ1n) is 9.06. The van der Waals surface area contributed by atoms with Crippen LogP contribution in [0, 0.1) is 0 Å². The maximum Gasteiger partial charge on any atom is 0.408 e. The molecule has 0 aliphatic heterocycles. The van der Waals surface area contributed by atoms with Gasteiger partial charge >= 0.3 is 12.1 Å².